The highest BCUT2D eigenvalue weighted by atomic mass is 35.5. The normalized spacial score (nSPS) is 14.8. The van der Waals surface area contributed by atoms with Crippen LogP contribution in [0.5, 0.6) is 0 Å². The van der Waals surface area contributed by atoms with Gasteiger partial charge in [-0.3, -0.25) is 14.4 Å². The van der Waals surface area contributed by atoms with Crippen LogP contribution < -0.4 is 10.6 Å². The Balaban J connectivity index is 1.51. The molecular weight excluding hydrogens is 549 g/mol. The second kappa shape index (κ2) is 13.7. The number of carbonyl (C=O) groups is 4. The molecule has 8 nitrogen and oxygen atoms in total. The highest BCUT2D eigenvalue weighted by Crippen LogP contribution is 2.35. The van der Waals surface area contributed by atoms with Crippen molar-refractivity contribution in [3.05, 3.63) is 69.2 Å². The average molecular weight is 579 g/mol. The molecular formula is C27H29Cl2N3O5S. The Morgan fingerprint density at radius 2 is 1.79 bits per heavy atom. The van der Waals surface area contributed by atoms with Crippen LogP contribution in [0.15, 0.2) is 47.4 Å². The molecule has 1 heterocycles. The second-order valence-electron chi connectivity index (χ2n) is 8.84. The molecule has 0 aliphatic carbocycles. The van der Waals surface area contributed by atoms with Gasteiger partial charge in [-0.05, 0) is 55.4 Å². The van der Waals surface area contributed by atoms with E-state index in [9.17, 15) is 24.3 Å². The quantitative estimate of drug-likeness (QED) is 0.302. The number of halogens is 2. The van der Waals surface area contributed by atoms with Gasteiger partial charge in [-0.25, -0.2) is 4.79 Å². The maximum absolute atomic E-state index is 12.8. The largest absolute Gasteiger partial charge is 0.480 e. The molecule has 2 aromatic carbocycles. The molecule has 1 aliphatic rings. The van der Waals surface area contributed by atoms with Crippen LogP contribution in [-0.4, -0.2) is 65.6 Å². The number of benzene rings is 2. The SMILES string of the molecule is CSc1ccc(C=CC(=O)N2CCC(C(=O)NC(CNC(=O)c3ccccc3C)C(=O)O)CC2)c(Cl)c1Cl. The van der Waals surface area contributed by atoms with E-state index >= 15 is 0 Å². The zero-order chi connectivity index (χ0) is 27.8. The smallest absolute Gasteiger partial charge is 0.328 e. The van der Waals surface area contributed by atoms with Crippen molar-refractivity contribution in [1.82, 2.24) is 15.5 Å². The van der Waals surface area contributed by atoms with Crippen LogP contribution in [0.1, 0.15) is 34.3 Å². The van der Waals surface area contributed by atoms with Gasteiger partial charge in [0.1, 0.15) is 6.04 Å². The number of aryl methyl sites for hydroxylation is 1. The molecule has 1 atom stereocenters. The third kappa shape index (κ3) is 7.52. The number of piperidine rings is 1. The van der Waals surface area contributed by atoms with E-state index in [1.165, 1.54) is 17.8 Å². The van der Waals surface area contributed by atoms with E-state index in [-0.39, 0.29) is 12.5 Å². The Hall–Kier alpha value is -3.01. The van der Waals surface area contributed by atoms with E-state index in [2.05, 4.69) is 10.6 Å². The van der Waals surface area contributed by atoms with Crippen LogP contribution in [0.3, 0.4) is 0 Å². The Kier molecular flexibility index (Phi) is 10.6. The van der Waals surface area contributed by atoms with Crippen molar-refractivity contribution >= 4 is 64.7 Å². The summed E-state index contributed by atoms with van der Waals surface area (Å²) in [4.78, 5) is 52.0. The highest BCUT2D eigenvalue weighted by molar-refractivity contribution is 7.98. The van der Waals surface area contributed by atoms with Gasteiger partial charge in [0.25, 0.3) is 5.91 Å². The molecule has 38 heavy (non-hydrogen) atoms. The summed E-state index contributed by atoms with van der Waals surface area (Å²) < 4.78 is 0. The molecule has 1 aliphatic heterocycles. The topological polar surface area (TPSA) is 116 Å². The van der Waals surface area contributed by atoms with Crippen molar-refractivity contribution in [1.29, 1.82) is 0 Å². The molecule has 0 spiro atoms. The molecule has 0 aromatic heterocycles. The number of carboxylic acids is 1. The van der Waals surface area contributed by atoms with E-state index in [0.29, 0.717) is 47.1 Å². The van der Waals surface area contributed by atoms with Crippen LogP contribution in [0.25, 0.3) is 6.08 Å². The first-order chi connectivity index (χ1) is 18.1. The summed E-state index contributed by atoms with van der Waals surface area (Å²) in [6, 6.07) is 9.32. The summed E-state index contributed by atoms with van der Waals surface area (Å²) in [6.45, 7) is 2.23. The zero-order valence-corrected chi connectivity index (χ0v) is 23.3. The number of hydrogen-bond acceptors (Lipinski definition) is 5. The average Bonchev–Trinajstić information content (AvgIpc) is 2.91. The first-order valence-electron chi connectivity index (χ1n) is 12.0. The monoisotopic (exact) mass is 577 g/mol. The second-order valence-corrected chi connectivity index (χ2v) is 10.4. The molecule has 3 rings (SSSR count). The minimum atomic E-state index is -1.27. The van der Waals surface area contributed by atoms with Gasteiger partial charge in [-0.2, -0.15) is 0 Å². The van der Waals surface area contributed by atoms with Crippen molar-refractivity contribution in [2.45, 2.75) is 30.7 Å². The lowest BCUT2D eigenvalue weighted by Crippen LogP contribution is -2.51. The number of thioether (sulfide) groups is 1. The van der Waals surface area contributed by atoms with E-state index in [0.717, 1.165) is 10.5 Å². The van der Waals surface area contributed by atoms with Crippen LogP contribution in [0.2, 0.25) is 10.0 Å². The van der Waals surface area contributed by atoms with E-state index < -0.39 is 29.7 Å². The summed E-state index contributed by atoms with van der Waals surface area (Å²) in [7, 11) is 0. The fraction of sp³-hybridized carbons (Fsp3) is 0.333. The predicted molar refractivity (Wildman–Crippen MR) is 150 cm³/mol. The summed E-state index contributed by atoms with van der Waals surface area (Å²) >= 11 is 14.0. The Morgan fingerprint density at radius 3 is 2.42 bits per heavy atom. The number of nitrogens with zero attached hydrogens (tertiary/aromatic N) is 1. The molecule has 3 N–H and O–H groups in total. The van der Waals surface area contributed by atoms with Crippen LogP contribution in [-0.2, 0) is 14.4 Å². The number of carbonyl (C=O) groups excluding carboxylic acids is 3. The third-order valence-corrected chi connectivity index (χ3v) is 8.14. The predicted octanol–water partition coefficient (Wildman–Crippen LogP) is 4.27. The molecule has 202 valence electrons. The van der Waals surface area contributed by atoms with Crippen molar-refractivity contribution in [3.8, 4) is 0 Å². The number of likely N-dealkylation sites (tertiary alicyclic amines) is 1. The minimum absolute atomic E-state index is 0.215. The van der Waals surface area contributed by atoms with Crippen molar-refractivity contribution in [2.24, 2.45) is 5.92 Å². The molecule has 0 radical (unpaired) electrons. The lowest BCUT2D eigenvalue weighted by Gasteiger charge is -2.31. The lowest BCUT2D eigenvalue weighted by molar-refractivity contribution is -0.142. The van der Waals surface area contributed by atoms with Crippen LogP contribution in [0, 0.1) is 12.8 Å². The molecule has 3 amide bonds. The van der Waals surface area contributed by atoms with Gasteiger partial charge in [0.05, 0.1) is 10.0 Å². The lowest BCUT2D eigenvalue weighted by atomic mass is 9.95. The summed E-state index contributed by atoms with van der Waals surface area (Å²) in [5, 5.41) is 15.5. The number of amides is 3. The molecule has 1 unspecified atom stereocenters. The molecule has 0 bridgehead atoms. The molecule has 1 saturated heterocycles. The van der Waals surface area contributed by atoms with Gasteiger partial charge in [-0.1, -0.05) is 47.5 Å². The van der Waals surface area contributed by atoms with E-state index in [1.54, 1.807) is 48.2 Å². The molecule has 2 aromatic rings. The molecule has 11 heteroatoms. The summed E-state index contributed by atoms with van der Waals surface area (Å²) in [6.07, 6.45) is 5.72. The molecule has 1 fully saturated rings. The molecule has 0 saturated carbocycles. The fourth-order valence-corrected chi connectivity index (χ4v) is 5.24. The maximum atomic E-state index is 12.8. The third-order valence-electron chi connectivity index (χ3n) is 6.35. The summed E-state index contributed by atoms with van der Waals surface area (Å²) in [5.41, 5.74) is 1.83. The van der Waals surface area contributed by atoms with Gasteiger partial charge < -0.3 is 20.6 Å². The minimum Gasteiger partial charge on any atom is -0.480 e. The van der Waals surface area contributed by atoms with Crippen LogP contribution >= 0.6 is 35.0 Å². The fourth-order valence-electron chi connectivity index (χ4n) is 4.07. The van der Waals surface area contributed by atoms with Crippen LogP contribution in [0.4, 0.5) is 0 Å². The first-order valence-corrected chi connectivity index (χ1v) is 14.0. The van der Waals surface area contributed by atoms with Gasteiger partial charge in [0.15, 0.2) is 0 Å². The number of aliphatic carboxylic acids is 1. The standard InChI is InChI=1S/C27H29Cl2N3O5S/c1-16-5-3-4-6-19(16)26(35)30-15-20(27(36)37)31-25(34)18-11-13-32(14-12-18)22(33)10-8-17-7-9-21(38-2)24(29)23(17)28/h3-10,18,20H,11-15H2,1-2H3,(H,30,35)(H,31,34)(H,36,37). The van der Waals surface area contributed by atoms with Gasteiger partial charge >= 0.3 is 5.97 Å². The Morgan fingerprint density at radius 1 is 1.11 bits per heavy atom. The van der Waals surface area contributed by atoms with Crippen molar-refractivity contribution in [3.63, 3.8) is 0 Å². The number of hydrogen-bond donors (Lipinski definition) is 3. The summed E-state index contributed by atoms with van der Waals surface area (Å²) in [5.74, 6) is -2.73. The van der Waals surface area contributed by atoms with E-state index in [1.807, 2.05) is 12.3 Å². The number of rotatable bonds is 9. The van der Waals surface area contributed by atoms with Gasteiger partial charge in [-0.15, -0.1) is 11.8 Å². The Labute approximate surface area is 235 Å². The number of nitrogens with one attached hydrogen (secondary N) is 2. The first kappa shape index (κ1) is 29.5. The van der Waals surface area contributed by atoms with E-state index in [4.69, 9.17) is 23.2 Å². The number of carboxylic acid groups (broad SMARTS) is 1. The Bertz CT molecular complexity index is 1250. The highest BCUT2D eigenvalue weighted by Gasteiger charge is 2.30. The van der Waals surface area contributed by atoms with Crippen molar-refractivity contribution < 1.29 is 24.3 Å². The van der Waals surface area contributed by atoms with Gasteiger partial charge in [0, 0.05) is 42.1 Å². The van der Waals surface area contributed by atoms with Gasteiger partial charge in [0.2, 0.25) is 11.8 Å². The van der Waals surface area contributed by atoms with Crippen molar-refractivity contribution in [2.75, 3.05) is 25.9 Å². The zero-order valence-electron chi connectivity index (χ0n) is 21.0. The maximum Gasteiger partial charge on any atom is 0.328 e.